The van der Waals surface area contributed by atoms with Gasteiger partial charge < -0.3 is 10.7 Å². The van der Waals surface area contributed by atoms with Gasteiger partial charge in [0.25, 0.3) is 12.0 Å². The number of aromatic nitrogens is 1. The van der Waals surface area contributed by atoms with Crippen molar-refractivity contribution < 1.29 is 8.78 Å². The summed E-state index contributed by atoms with van der Waals surface area (Å²) in [5.74, 6) is 0. The van der Waals surface area contributed by atoms with E-state index >= 15 is 0 Å². The van der Waals surface area contributed by atoms with E-state index < -0.39 is 17.5 Å². The number of alkyl halides is 2. The Morgan fingerprint density at radius 3 is 2.58 bits per heavy atom. The van der Waals surface area contributed by atoms with Gasteiger partial charge in [-0.3, -0.25) is 4.79 Å². The predicted molar refractivity (Wildman–Crippen MR) is 41.2 cm³/mol. The molecule has 0 amide bonds. The molecule has 1 aromatic rings. The van der Waals surface area contributed by atoms with Crippen LogP contribution in [0.2, 0.25) is 0 Å². The molecule has 0 unspecified atom stereocenters. The number of aryl methyl sites for hydroxylation is 1. The van der Waals surface area contributed by atoms with Gasteiger partial charge in [0.1, 0.15) is 5.56 Å². The average molecular weight is 174 g/mol. The molecule has 0 saturated carbocycles. The molecular weight excluding hydrogens is 166 g/mol. The second-order valence-electron chi connectivity index (χ2n) is 2.45. The van der Waals surface area contributed by atoms with Crippen molar-refractivity contribution in [3.05, 3.63) is 27.7 Å². The fourth-order valence-electron chi connectivity index (χ4n) is 0.950. The lowest BCUT2D eigenvalue weighted by atomic mass is 10.2. The van der Waals surface area contributed by atoms with Gasteiger partial charge in [-0.05, 0) is 13.0 Å². The van der Waals surface area contributed by atoms with Crippen LogP contribution in [0.15, 0.2) is 10.9 Å². The minimum absolute atomic E-state index is 0.161. The van der Waals surface area contributed by atoms with Crippen molar-refractivity contribution >= 4 is 5.69 Å². The van der Waals surface area contributed by atoms with E-state index in [1.165, 1.54) is 6.07 Å². The van der Waals surface area contributed by atoms with Crippen molar-refractivity contribution in [1.82, 2.24) is 4.98 Å². The number of anilines is 1. The number of hydrogen-bond acceptors (Lipinski definition) is 2. The average Bonchev–Trinajstić information content (AvgIpc) is 1.82. The number of nitrogen functional groups attached to an aromatic ring is 1. The summed E-state index contributed by atoms with van der Waals surface area (Å²) in [6.45, 7) is 1.58. The quantitative estimate of drug-likeness (QED) is 0.672. The highest BCUT2D eigenvalue weighted by Gasteiger charge is 2.15. The van der Waals surface area contributed by atoms with E-state index in [0.29, 0.717) is 5.69 Å². The number of aromatic amines is 1. The molecule has 0 aliphatic heterocycles. The summed E-state index contributed by atoms with van der Waals surface area (Å²) < 4.78 is 24.2. The fraction of sp³-hybridized carbons (Fsp3) is 0.286. The van der Waals surface area contributed by atoms with Crippen LogP contribution in [0.3, 0.4) is 0 Å². The standard InChI is InChI=1S/C7H8F2N2O/c1-3-2-4(10)5(6(8)9)7(12)11-3/h2,6H,1H3,(H3,10,11,12). The maximum atomic E-state index is 12.1. The van der Waals surface area contributed by atoms with Crippen LogP contribution in [0.1, 0.15) is 17.7 Å². The first-order valence-corrected chi connectivity index (χ1v) is 3.30. The zero-order valence-corrected chi connectivity index (χ0v) is 6.40. The summed E-state index contributed by atoms with van der Waals surface area (Å²) >= 11 is 0. The molecule has 0 aromatic carbocycles. The van der Waals surface area contributed by atoms with Crippen LogP contribution in [-0.4, -0.2) is 4.98 Å². The van der Waals surface area contributed by atoms with Crippen molar-refractivity contribution in [3.8, 4) is 0 Å². The van der Waals surface area contributed by atoms with Gasteiger partial charge in [-0.15, -0.1) is 0 Å². The van der Waals surface area contributed by atoms with Gasteiger partial charge in [-0.2, -0.15) is 0 Å². The third kappa shape index (κ3) is 1.44. The summed E-state index contributed by atoms with van der Waals surface area (Å²) in [7, 11) is 0. The molecule has 12 heavy (non-hydrogen) atoms. The van der Waals surface area contributed by atoms with E-state index in [0.717, 1.165) is 0 Å². The van der Waals surface area contributed by atoms with Crippen LogP contribution in [0.25, 0.3) is 0 Å². The zero-order valence-electron chi connectivity index (χ0n) is 6.40. The van der Waals surface area contributed by atoms with Gasteiger partial charge in [-0.1, -0.05) is 0 Å². The predicted octanol–water partition coefficient (Wildman–Crippen LogP) is 1.20. The highest BCUT2D eigenvalue weighted by Crippen LogP contribution is 2.20. The van der Waals surface area contributed by atoms with Gasteiger partial charge in [0.2, 0.25) is 0 Å². The molecule has 0 atom stereocenters. The first kappa shape index (κ1) is 8.70. The zero-order chi connectivity index (χ0) is 9.30. The lowest BCUT2D eigenvalue weighted by Gasteiger charge is -2.03. The smallest absolute Gasteiger partial charge is 0.271 e. The van der Waals surface area contributed by atoms with E-state index in [-0.39, 0.29) is 5.69 Å². The summed E-state index contributed by atoms with van der Waals surface area (Å²) in [5.41, 5.74) is 4.07. The molecule has 1 aromatic heterocycles. The highest BCUT2D eigenvalue weighted by molar-refractivity contribution is 5.46. The minimum atomic E-state index is -2.82. The Labute approximate surface area is 67.2 Å². The topological polar surface area (TPSA) is 58.9 Å². The first-order valence-electron chi connectivity index (χ1n) is 3.30. The Morgan fingerprint density at radius 2 is 2.17 bits per heavy atom. The molecule has 5 heteroatoms. The van der Waals surface area contributed by atoms with Crippen LogP contribution < -0.4 is 11.3 Å². The highest BCUT2D eigenvalue weighted by atomic mass is 19.3. The Kier molecular flexibility index (Phi) is 2.12. The van der Waals surface area contributed by atoms with E-state index in [9.17, 15) is 13.6 Å². The van der Waals surface area contributed by atoms with Crippen molar-refractivity contribution in [2.45, 2.75) is 13.3 Å². The van der Waals surface area contributed by atoms with Crippen molar-refractivity contribution in [2.24, 2.45) is 0 Å². The summed E-state index contributed by atoms with van der Waals surface area (Å²) in [6.07, 6.45) is -2.82. The lowest BCUT2D eigenvalue weighted by Crippen LogP contribution is -2.16. The molecular formula is C7H8F2N2O. The van der Waals surface area contributed by atoms with Crippen LogP contribution >= 0.6 is 0 Å². The summed E-state index contributed by atoms with van der Waals surface area (Å²) in [4.78, 5) is 13.1. The molecule has 0 spiro atoms. The molecule has 66 valence electrons. The van der Waals surface area contributed by atoms with Crippen molar-refractivity contribution in [1.29, 1.82) is 0 Å². The van der Waals surface area contributed by atoms with Crippen LogP contribution in [0, 0.1) is 6.92 Å². The molecule has 0 aliphatic rings. The lowest BCUT2D eigenvalue weighted by molar-refractivity contribution is 0.150. The van der Waals surface area contributed by atoms with Gasteiger partial charge in [-0.25, -0.2) is 8.78 Å². The van der Waals surface area contributed by atoms with Gasteiger partial charge in [0.05, 0.1) is 0 Å². The Bertz CT molecular complexity index is 346. The summed E-state index contributed by atoms with van der Waals surface area (Å²) in [5, 5.41) is 0. The number of pyridine rings is 1. The van der Waals surface area contributed by atoms with E-state index in [4.69, 9.17) is 5.73 Å². The minimum Gasteiger partial charge on any atom is -0.398 e. The van der Waals surface area contributed by atoms with E-state index in [2.05, 4.69) is 4.98 Å². The molecule has 0 bridgehead atoms. The molecule has 0 aliphatic carbocycles. The Morgan fingerprint density at radius 1 is 1.58 bits per heavy atom. The third-order valence-electron chi connectivity index (χ3n) is 1.46. The van der Waals surface area contributed by atoms with Gasteiger partial charge >= 0.3 is 0 Å². The van der Waals surface area contributed by atoms with Crippen molar-refractivity contribution in [2.75, 3.05) is 5.73 Å². The first-order chi connectivity index (χ1) is 5.52. The maximum absolute atomic E-state index is 12.1. The maximum Gasteiger partial charge on any atom is 0.271 e. The fourth-order valence-corrected chi connectivity index (χ4v) is 0.950. The van der Waals surface area contributed by atoms with Gasteiger partial charge in [0.15, 0.2) is 0 Å². The molecule has 0 saturated heterocycles. The van der Waals surface area contributed by atoms with Gasteiger partial charge in [0, 0.05) is 11.4 Å². The third-order valence-corrected chi connectivity index (χ3v) is 1.46. The second kappa shape index (κ2) is 2.92. The number of nitrogens with one attached hydrogen (secondary N) is 1. The second-order valence-corrected chi connectivity index (χ2v) is 2.45. The van der Waals surface area contributed by atoms with Crippen molar-refractivity contribution in [3.63, 3.8) is 0 Å². The molecule has 3 N–H and O–H groups in total. The monoisotopic (exact) mass is 174 g/mol. The van der Waals surface area contributed by atoms with Crippen LogP contribution in [-0.2, 0) is 0 Å². The molecule has 1 rings (SSSR count). The molecule has 0 radical (unpaired) electrons. The molecule has 0 fully saturated rings. The number of hydrogen-bond donors (Lipinski definition) is 2. The van der Waals surface area contributed by atoms with E-state index in [1.54, 1.807) is 6.92 Å². The van der Waals surface area contributed by atoms with Crippen LogP contribution in [0.5, 0.6) is 0 Å². The van der Waals surface area contributed by atoms with E-state index in [1.807, 2.05) is 0 Å². The SMILES string of the molecule is Cc1cc(N)c(C(F)F)c(=O)[nH]1. The Balaban J connectivity index is 3.39. The van der Waals surface area contributed by atoms with Crippen LogP contribution in [0.4, 0.5) is 14.5 Å². The Hall–Kier alpha value is -1.39. The number of halogens is 2. The number of nitrogens with two attached hydrogens (primary N) is 1. The molecule has 1 heterocycles. The molecule has 3 nitrogen and oxygen atoms in total. The number of rotatable bonds is 1. The number of H-pyrrole nitrogens is 1. The normalized spacial score (nSPS) is 10.7. The summed E-state index contributed by atoms with van der Waals surface area (Å²) in [6, 6.07) is 1.31. The largest absolute Gasteiger partial charge is 0.398 e.